The highest BCUT2D eigenvalue weighted by Crippen LogP contribution is 2.08. The Morgan fingerprint density at radius 3 is 1.95 bits per heavy atom. The fraction of sp³-hybridized carbons (Fsp3) is 0.812. The zero-order chi connectivity index (χ0) is 17.0. The Bertz CT molecular complexity index is 358. The molecule has 6 heteroatoms. The van der Waals surface area contributed by atoms with E-state index in [0.29, 0.717) is 6.42 Å². The molecule has 22 heavy (non-hydrogen) atoms. The molecule has 0 aliphatic heterocycles. The van der Waals surface area contributed by atoms with Crippen LogP contribution in [-0.2, 0) is 14.4 Å². The van der Waals surface area contributed by atoms with Crippen LogP contribution in [-0.4, -0.2) is 35.0 Å². The Morgan fingerprint density at radius 2 is 1.41 bits per heavy atom. The summed E-state index contributed by atoms with van der Waals surface area (Å²) in [4.78, 5) is 34.0. The van der Waals surface area contributed by atoms with Gasteiger partial charge in [0.15, 0.2) is 0 Å². The van der Waals surface area contributed by atoms with Crippen LogP contribution in [0.4, 0.5) is 0 Å². The van der Waals surface area contributed by atoms with E-state index in [-0.39, 0.29) is 5.91 Å². The zero-order valence-corrected chi connectivity index (χ0v) is 14.0. The lowest BCUT2D eigenvalue weighted by Gasteiger charge is -2.16. The van der Waals surface area contributed by atoms with Crippen LogP contribution >= 0.6 is 0 Å². The van der Waals surface area contributed by atoms with Gasteiger partial charge in [0.1, 0.15) is 12.1 Å². The van der Waals surface area contributed by atoms with Gasteiger partial charge in [-0.2, -0.15) is 0 Å². The monoisotopic (exact) mass is 314 g/mol. The fourth-order valence-corrected chi connectivity index (χ4v) is 2.02. The van der Waals surface area contributed by atoms with Crippen molar-refractivity contribution in [3.8, 4) is 0 Å². The third-order valence-electron chi connectivity index (χ3n) is 3.51. The van der Waals surface area contributed by atoms with Crippen molar-refractivity contribution >= 4 is 17.8 Å². The van der Waals surface area contributed by atoms with Gasteiger partial charge in [0, 0.05) is 6.42 Å². The van der Waals surface area contributed by atoms with E-state index in [1.807, 2.05) is 0 Å². The molecular formula is C16H30N2O4. The summed E-state index contributed by atoms with van der Waals surface area (Å²) in [5, 5.41) is 13.6. The summed E-state index contributed by atoms with van der Waals surface area (Å²) in [7, 11) is 0. The van der Waals surface area contributed by atoms with Crippen molar-refractivity contribution in [1.82, 2.24) is 10.6 Å². The molecule has 128 valence electrons. The van der Waals surface area contributed by atoms with Gasteiger partial charge in [-0.25, -0.2) is 0 Å². The predicted molar refractivity (Wildman–Crippen MR) is 85.5 cm³/mol. The summed E-state index contributed by atoms with van der Waals surface area (Å²) < 4.78 is 0. The predicted octanol–water partition coefficient (Wildman–Crippen LogP) is 2.22. The minimum absolute atomic E-state index is 0.167. The van der Waals surface area contributed by atoms with Crippen LogP contribution in [0, 0.1) is 0 Å². The number of hydrogen-bond donors (Lipinski definition) is 3. The van der Waals surface area contributed by atoms with E-state index in [9.17, 15) is 14.4 Å². The highest BCUT2D eigenvalue weighted by Gasteiger charge is 2.20. The Morgan fingerprint density at radius 1 is 0.864 bits per heavy atom. The molecular weight excluding hydrogens is 284 g/mol. The van der Waals surface area contributed by atoms with Gasteiger partial charge in [0.05, 0.1) is 0 Å². The summed E-state index contributed by atoms with van der Waals surface area (Å²) in [5.74, 6) is -1.75. The van der Waals surface area contributed by atoms with Gasteiger partial charge in [-0.3, -0.25) is 14.4 Å². The molecule has 0 bridgehead atoms. The van der Waals surface area contributed by atoms with Crippen LogP contribution in [0.3, 0.4) is 0 Å². The molecule has 0 aliphatic rings. The lowest BCUT2D eigenvalue weighted by atomic mass is 10.1. The topological polar surface area (TPSA) is 95.5 Å². The van der Waals surface area contributed by atoms with Crippen molar-refractivity contribution in [2.45, 2.75) is 84.2 Å². The van der Waals surface area contributed by atoms with E-state index in [1.165, 1.54) is 32.6 Å². The SMILES string of the molecule is CCCCCCCCCC(=O)NC(C)C(=O)NC(C)C(=O)O. The molecule has 0 aromatic rings. The maximum Gasteiger partial charge on any atom is 0.325 e. The number of carboxylic acids is 1. The van der Waals surface area contributed by atoms with Crippen molar-refractivity contribution in [3.05, 3.63) is 0 Å². The molecule has 0 heterocycles. The second kappa shape index (κ2) is 12.0. The van der Waals surface area contributed by atoms with Gasteiger partial charge < -0.3 is 15.7 Å². The first-order valence-corrected chi connectivity index (χ1v) is 8.21. The molecule has 0 saturated carbocycles. The molecule has 0 spiro atoms. The number of aliphatic carboxylic acids is 1. The normalized spacial score (nSPS) is 13.2. The van der Waals surface area contributed by atoms with Gasteiger partial charge in [-0.05, 0) is 20.3 Å². The summed E-state index contributed by atoms with van der Waals surface area (Å²) in [6.45, 7) is 5.11. The van der Waals surface area contributed by atoms with Gasteiger partial charge in [0.2, 0.25) is 11.8 Å². The molecule has 0 aliphatic carbocycles. The summed E-state index contributed by atoms with van der Waals surface area (Å²) in [6, 6.07) is -1.69. The summed E-state index contributed by atoms with van der Waals surface area (Å²) >= 11 is 0. The quantitative estimate of drug-likeness (QED) is 0.481. The van der Waals surface area contributed by atoms with Crippen molar-refractivity contribution in [1.29, 1.82) is 0 Å². The molecule has 2 unspecified atom stereocenters. The Kier molecular flexibility index (Phi) is 11.1. The Hall–Kier alpha value is -1.59. The first kappa shape index (κ1) is 20.4. The van der Waals surface area contributed by atoms with Gasteiger partial charge in [-0.15, -0.1) is 0 Å². The first-order valence-electron chi connectivity index (χ1n) is 8.21. The lowest BCUT2D eigenvalue weighted by Crippen LogP contribution is -2.49. The lowest BCUT2D eigenvalue weighted by molar-refractivity contribution is -0.141. The molecule has 0 radical (unpaired) electrons. The fourth-order valence-electron chi connectivity index (χ4n) is 2.02. The van der Waals surface area contributed by atoms with E-state index in [4.69, 9.17) is 5.11 Å². The van der Waals surface area contributed by atoms with Crippen LogP contribution in [0.15, 0.2) is 0 Å². The molecule has 0 aromatic carbocycles. The minimum atomic E-state index is -1.10. The molecule has 0 aromatic heterocycles. The van der Waals surface area contributed by atoms with Gasteiger partial charge >= 0.3 is 5.97 Å². The van der Waals surface area contributed by atoms with Crippen molar-refractivity contribution < 1.29 is 19.5 Å². The molecule has 6 nitrogen and oxygen atoms in total. The van der Waals surface area contributed by atoms with Gasteiger partial charge in [0.25, 0.3) is 0 Å². The Labute approximate surface area is 133 Å². The van der Waals surface area contributed by atoms with E-state index in [1.54, 1.807) is 6.92 Å². The summed E-state index contributed by atoms with van der Waals surface area (Å²) in [5.41, 5.74) is 0. The first-order chi connectivity index (χ1) is 10.4. The largest absolute Gasteiger partial charge is 0.480 e. The highest BCUT2D eigenvalue weighted by atomic mass is 16.4. The molecule has 2 atom stereocenters. The zero-order valence-electron chi connectivity index (χ0n) is 14.0. The smallest absolute Gasteiger partial charge is 0.325 e. The van der Waals surface area contributed by atoms with Crippen LogP contribution in [0.25, 0.3) is 0 Å². The number of nitrogens with one attached hydrogen (secondary N) is 2. The molecule has 3 N–H and O–H groups in total. The second-order valence-corrected chi connectivity index (χ2v) is 5.73. The maximum atomic E-state index is 11.7. The van der Waals surface area contributed by atoms with E-state index in [0.717, 1.165) is 19.3 Å². The van der Waals surface area contributed by atoms with Crippen LogP contribution < -0.4 is 10.6 Å². The molecule has 0 fully saturated rings. The third kappa shape index (κ3) is 10.2. The van der Waals surface area contributed by atoms with Crippen molar-refractivity contribution in [2.24, 2.45) is 0 Å². The van der Waals surface area contributed by atoms with E-state index in [2.05, 4.69) is 17.6 Å². The van der Waals surface area contributed by atoms with Crippen LogP contribution in [0.5, 0.6) is 0 Å². The molecule has 0 rings (SSSR count). The third-order valence-corrected chi connectivity index (χ3v) is 3.51. The molecule has 2 amide bonds. The summed E-state index contributed by atoms with van der Waals surface area (Å²) in [6.07, 6.45) is 8.33. The second-order valence-electron chi connectivity index (χ2n) is 5.73. The average Bonchev–Trinajstić information content (AvgIpc) is 2.45. The number of carbonyl (C=O) groups excluding carboxylic acids is 2. The number of carboxylic acid groups (broad SMARTS) is 1. The number of carbonyl (C=O) groups is 3. The van der Waals surface area contributed by atoms with E-state index >= 15 is 0 Å². The number of rotatable bonds is 12. The van der Waals surface area contributed by atoms with E-state index < -0.39 is 24.0 Å². The average molecular weight is 314 g/mol. The number of unbranched alkanes of at least 4 members (excludes halogenated alkanes) is 6. The maximum absolute atomic E-state index is 11.7. The van der Waals surface area contributed by atoms with Crippen LogP contribution in [0.2, 0.25) is 0 Å². The minimum Gasteiger partial charge on any atom is -0.480 e. The standard InChI is InChI=1S/C16H30N2O4/c1-4-5-6-7-8-9-10-11-14(19)17-12(2)15(20)18-13(3)16(21)22/h12-13H,4-11H2,1-3H3,(H,17,19)(H,18,20)(H,21,22). The van der Waals surface area contributed by atoms with Gasteiger partial charge in [-0.1, -0.05) is 45.4 Å². The number of hydrogen-bond acceptors (Lipinski definition) is 3. The Balaban J connectivity index is 3.77. The van der Waals surface area contributed by atoms with Crippen LogP contribution in [0.1, 0.15) is 72.1 Å². The highest BCUT2D eigenvalue weighted by molar-refractivity contribution is 5.89. The number of amides is 2. The molecule has 0 saturated heterocycles. The van der Waals surface area contributed by atoms with Crippen molar-refractivity contribution in [2.75, 3.05) is 0 Å². The van der Waals surface area contributed by atoms with Crippen molar-refractivity contribution in [3.63, 3.8) is 0 Å².